The summed E-state index contributed by atoms with van der Waals surface area (Å²) in [4.78, 5) is 40.6. The van der Waals surface area contributed by atoms with Crippen LogP contribution in [-0.4, -0.2) is 49.4 Å². The minimum absolute atomic E-state index is 0.0581. The number of carbonyl (C=O) groups is 3. The van der Waals surface area contributed by atoms with Gasteiger partial charge in [-0.25, -0.2) is 4.79 Å². The number of carbonyl (C=O) groups excluding carboxylic acids is 2. The maximum absolute atomic E-state index is 12.1. The van der Waals surface area contributed by atoms with Gasteiger partial charge in [-0.15, -0.1) is 0 Å². The quantitative estimate of drug-likeness (QED) is 0.651. The summed E-state index contributed by atoms with van der Waals surface area (Å²) in [7, 11) is 0. The molecule has 1 aromatic heterocycles. The Kier molecular flexibility index (Phi) is 3.61. The lowest BCUT2D eigenvalue weighted by Crippen LogP contribution is -2.60. The summed E-state index contributed by atoms with van der Waals surface area (Å²) in [5.41, 5.74) is 5.29. The summed E-state index contributed by atoms with van der Waals surface area (Å²) in [5, 5.41) is 18.7. The van der Waals surface area contributed by atoms with Gasteiger partial charge in [-0.1, -0.05) is 11.8 Å². The fourth-order valence-corrected chi connectivity index (χ4v) is 4.39. The number of hydrogen-bond donors (Lipinski definition) is 3. The number of nitrogens with two attached hydrogens (primary N) is 1. The number of β-lactam (4-membered cyclic amide) rings is 1. The monoisotopic (exact) mass is 335 g/mol. The van der Waals surface area contributed by atoms with Crippen molar-refractivity contribution in [3.63, 3.8) is 0 Å². The molecule has 3 rings (SSSR count). The number of primary amides is 1. The van der Waals surface area contributed by atoms with Crippen LogP contribution in [0, 0.1) is 5.92 Å². The second-order valence-electron chi connectivity index (χ2n) is 5.23. The van der Waals surface area contributed by atoms with Crippen LogP contribution in [0.4, 0.5) is 0 Å². The summed E-state index contributed by atoms with van der Waals surface area (Å²) in [5.74, 6) is -3.20. The zero-order valence-corrected chi connectivity index (χ0v) is 12.8. The summed E-state index contributed by atoms with van der Waals surface area (Å²) in [6, 6.07) is 3.09. The van der Waals surface area contributed by atoms with Gasteiger partial charge in [0, 0.05) is 11.8 Å². The summed E-state index contributed by atoms with van der Waals surface area (Å²) >= 11 is 1.12. The Bertz CT molecular complexity index is 761. The number of carboxylic acid groups (broad SMARTS) is 1. The Hall–Kier alpha value is -2.39. The van der Waals surface area contributed by atoms with Gasteiger partial charge in [0.2, 0.25) is 5.91 Å². The highest BCUT2D eigenvalue weighted by molar-refractivity contribution is 8.09. The Morgan fingerprint density at radius 2 is 2.17 bits per heavy atom. The van der Waals surface area contributed by atoms with Gasteiger partial charge in [0.25, 0.3) is 5.91 Å². The van der Waals surface area contributed by atoms with Gasteiger partial charge >= 0.3 is 5.97 Å². The highest BCUT2D eigenvalue weighted by atomic mass is 32.2. The molecule has 0 bridgehead atoms. The minimum Gasteiger partial charge on any atom is -0.477 e. The predicted octanol–water partition coefficient (Wildman–Crippen LogP) is -0.154. The molecule has 3 heterocycles. The van der Waals surface area contributed by atoms with Crippen LogP contribution in [-0.2, 0) is 9.59 Å². The van der Waals surface area contributed by atoms with E-state index in [2.05, 4.69) is 4.98 Å². The molecule has 2 aliphatic rings. The number of fused-ring (bicyclic) bond motifs is 1. The van der Waals surface area contributed by atoms with Crippen molar-refractivity contribution in [2.45, 2.75) is 18.4 Å². The first-order chi connectivity index (χ1) is 10.8. The average Bonchev–Trinajstić information content (AvgIpc) is 2.81. The van der Waals surface area contributed by atoms with Crippen LogP contribution >= 0.6 is 11.8 Å². The van der Waals surface area contributed by atoms with Crippen LogP contribution in [0.1, 0.15) is 23.0 Å². The molecule has 0 unspecified atom stereocenters. The van der Waals surface area contributed by atoms with Gasteiger partial charge in [0.05, 0.1) is 16.9 Å². The first-order valence-corrected chi connectivity index (χ1v) is 7.63. The number of hydrogen-bond acceptors (Lipinski definition) is 6. The molecule has 23 heavy (non-hydrogen) atoms. The first-order valence-electron chi connectivity index (χ1n) is 6.75. The van der Waals surface area contributed by atoms with Crippen molar-refractivity contribution < 1.29 is 24.6 Å². The van der Waals surface area contributed by atoms with E-state index in [9.17, 15) is 24.6 Å². The highest BCUT2D eigenvalue weighted by Crippen LogP contribution is 2.53. The molecule has 2 aliphatic heterocycles. The third-order valence-electron chi connectivity index (χ3n) is 3.79. The second-order valence-corrected chi connectivity index (χ2v) is 6.36. The van der Waals surface area contributed by atoms with Crippen molar-refractivity contribution in [3.8, 4) is 0 Å². The fourth-order valence-electron chi connectivity index (χ4n) is 2.76. The van der Waals surface area contributed by atoms with Crippen molar-refractivity contribution in [1.82, 2.24) is 9.88 Å². The number of amides is 2. The van der Waals surface area contributed by atoms with E-state index < -0.39 is 35.2 Å². The lowest BCUT2D eigenvalue weighted by Gasteiger charge is -2.43. The molecule has 0 radical (unpaired) electrons. The molecule has 1 saturated heterocycles. The zero-order valence-electron chi connectivity index (χ0n) is 12.0. The van der Waals surface area contributed by atoms with E-state index in [1.165, 1.54) is 19.2 Å². The van der Waals surface area contributed by atoms with Gasteiger partial charge < -0.3 is 15.9 Å². The fraction of sp³-hybridized carbons (Fsp3) is 0.286. The van der Waals surface area contributed by atoms with Gasteiger partial charge in [0.1, 0.15) is 16.8 Å². The maximum Gasteiger partial charge on any atom is 0.353 e. The molecule has 0 saturated carbocycles. The van der Waals surface area contributed by atoms with Crippen LogP contribution in [0.25, 0.3) is 4.91 Å². The van der Waals surface area contributed by atoms with E-state index in [0.29, 0.717) is 0 Å². The van der Waals surface area contributed by atoms with E-state index in [0.717, 1.165) is 16.7 Å². The molecule has 4 N–H and O–H groups in total. The Morgan fingerprint density at radius 3 is 2.74 bits per heavy atom. The first kappa shape index (κ1) is 15.5. The molecule has 1 fully saturated rings. The molecule has 120 valence electrons. The maximum atomic E-state index is 12.1. The SMILES string of the molecule is C[C@@H](O)[C@H]1C(=O)N2C(C(=O)O)=C(c3cccnc3C(N)=O)S[C@H]12. The molecule has 0 aromatic carbocycles. The largest absolute Gasteiger partial charge is 0.477 e. The average molecular weight is 335 g/mol. The number of nitrogens with zero attached hydrogens (tertiary/aromatic N) is 2. The second kappa shape index (κ2) is 5.36. The number of aliphatic hydroxyl groups excluding tert-OH is 1. The van der Waals surface area contributed by atoms with Crippen molar-refractivity contribution in [1.29, 1.82) is 0 Å². The lowest BCUT2D eigenvalue weighted by atomic mass is 9.92. The molecule has 2 amide bonds. The Morgan fingerprint density at radius 1 is 1.48 bits per heavy atom. The topological polar surface area (TPSA) is 134 Å². The van der Waals surface area contributed by atoms with Crippen LogP contribution in [0.5, 0.6) is 0 Å². The van der Waals surface area contributed by atoms with Gasteiger partial charge in [0.15, 0.2) is 0 Å². The van der Waals surface area contributed by atoms with Crippen LogP contribution < -0.4 is 5.73 Å². The predicted molar refractivity (Wildman–Crippen MR) is 80.7 cm³/mol. The van der Waals surface area contributed by atoms with Crippen LogP contribution in [0.2, 0.25) is 0 Å². The molecule has 8 nitrogen and oxygen atoms in total. The molecule has 3 atom stereocenters. The summed E-state index contributed by atoms with van der Waals surface area (Å²) in [6.07, 6.45) is 0.484. The van der Waals surface area contributed by atoms with Crippen molar-refractivity contribution in [2.75, 3.05) is 0 Å². The van der Waals surface area contributed by atoms with Gasteiger partial charge in [-0.05, 0) is 19.1 Å². The molecule has 0 aliphatic carbocycles. The third kappa shape index (κ3) is 2.20. The number of aromatic nitrogens is 1. The van der Waals surface area contributed by atoms with E-state index in [1.807, 2.05) is 0 Å². The van der Waals surface area contributed by atoms with Crippen molar-refractivity contribution in [3.05, 3.63) is 35.3 Å². The number of rotatable bonds is 4. The number of thioether (sulfide) groups is 1. The smallest absolute Gasteiger partial charge is 0.353 e. The van der Waals surface area contributed by atoms with E-state index in [-0.39, 0.29) is 21.9 Å². The molecule has 9 heteroatoms. The normalized spacial score (nSPS) is 24.3. The number of pyridine rings is 1. The van der Waals surface area contributed by atoms with Gasteiger partial charge in [-0.2, -0.15) is 0 Å². The molecule has 1 aromatic rings. The number of aliphatic carboxylic acids is 1. The van der Waals surface area contributed by atoms with Crippen molar-refractivity contribution in [2.24, 2.45) is 11.7 Å². The van der Waals surface area contributed by atoms with Gasteiger partial charge in [-0.3, -0.25) is 19.5 Å². The van der Waals surface area contributed by atoms with E-state index >= 15 is 0 Å². The Balaban J connectivity index is 2.11. The molecular formula is C14H13N3O5S. The zero-order chi connectivity index (χ0) is 16.9. The summed E-state index contributed by atoms with van der Waals surface area (Å²) in [6.45, 7) is 1.48. The minimum atomic E-state index is -1.29. The van der Waals surface area contributed by atoms with E-state index in [1.54, 1.807) is 6.07 Å². The molecular weight excluding hydrogens is 322 g/mol. The summed E-state index contributed by atoms with van der Waals surface area (Å²) < 4.78 is 0. The Labute approximate surface area is 135 Å². The number of aliphatic hydroxyl groups is 1. The highest BCUT2D eigenvalue weighted by Gasteiger charge is 2.58. The molecule has 0 spiro atoms. The standard InChI is InChI=1S/C14H13N3O5S/c1-5(18)7-12(20)17-9(14(21)22)10(23-13(7)17)6-3-2-4-16-8(6)11(15)19/h2-5,7,13,18H,1H3,(H2,15,19)(H,21,22)/t5-,7+,13-/m1/s1. The van der Waals surface area contributed by atoms with Crippen molar-refractivity contribution >= 4 is 34.5 Å². The number of carboxylic acids is 1. The third-order valence-corrected chi connectivity index (χ3v) is 5.18. The van der Waals surface area contributed by atoms with Crippen LogP contribution in [0.15, 0.2) is 24.0 Å². The van der Waals surface area contributed by atoms with Crippen LogP contribution in [0.3, 0.4) is 0 Å². The van der Waals surface area contributed by atoms with E-state index in [4.69, 9.17) is 5.73 Å². The lowest BCUT2D eigenvalue weighted by molar-refractivity contribution is -0.156.